The molecule has 0 saturated heterocycles. The highest BCUT2D eigenvalue weighted by molar-refractivity contribution is 5.83. The first-order valence-corrected chi connectivity index (χ1v) is 5.72. The van der Waals surface area contributed by atoms with Crippen molar-refractivity contribution >= 4 is 11.9 Å². The van der Waals surface area contributed by atoms with Crippen molar-refractivity contribution in [2.45, 2.75) is 53.0 Å². The van der Waals surface area contributed by atoms with Crippen molar-refractivity contribution < 1.29 is 14.7 Å². The van der Waals surface area contributed by atoms with Crippen LogP contribution in [0.2, 0.25) is 0 Å². The van der Waals surface area contributed by atoms with Gasteiger partial charge in [-0.15, -0.1) is 0 Å². The number of carbonyl (C=O) groups excluding carboxylic acids is 1. The monoisotopic (exact) mass is 227 g/mol. The third kappa shape index (κ3) is 2.36. The van der Waals surface area contributed by atoms with Crippen LogP contribution in [0.3, 0.4) is 0 Å². The normalized spacial score (nSPS) is 30.1. The fourth-order valence-electron chi connectivity index (χ4n) is 2.03. The molecule has 1 fully saturated rings. The van der Waals surface area contributed by atoms with Crippen LogP contribution < -0.4 is 5.32 Å². The molecule has 92 valence electrons. The molecule has 1 aliphatic rings. The van der Waals surface area contributed by atoms with E-state index in [0.717, 1.165) is 12.8 Å². The molecule has 1 amide bonds. The predicted octanol–water partition coefficient (Wildman–Crippen LogP) is 1.79. The van der Waals surface area contributed by atoms with Crippen LogP contribution in [0.5, 0.6) is 0 Å². The number of carboxylic acid groups (broad SMARTS) is 1. The maximum Gasteiger partial charge on any atom is 0.311 e. The smallest absolute Gasteiger partial charge is 0.311 e. The Kier molecular flexibility index (Phi) is 3.31. The van der Waals surface area contributed by atoms with Gasteiger partial charge in [-0.2, -0.15) is 0 Å². The van der Waals surface area contributed by atoms with E-state index in [1.54, 1.807) is 6.92 Å². The first-order chi connectivity index (χ1) is 7.18. The number of amides is 1. The lowest BCUT2D eigenvalue weighted by Gasteiger charge is -2.30. The summed E-state index contributed by atoms with van der Waals surface area (Å²) in [6.07, 6.45) is 2.25. The van der Waals surface area contributed by atoms with Crippen molar-refractivity contribution in [3.05, 3.63) is 0 Å². The maximum atomic E-state index is 11.8. The lowest BCUT2D eigenvalue weighted by atomic mass is 9.84. The van der Waals surface area contributed by atoms with Gasteiger partial charge in [-0.1, -0.05) is 27.2 Å². The highest BCUT2D eigenvalue weighted by Gasteiger charge is 2.46. The number of aliphatic carboxylic acids is 1. The number of rotatable bonds is 2. The summed E-state index contributed by atoms with van der Waals surface area (Å²) in [5.74, 6) is -0.893. The van der Waals surface area contributed by atoms with E-state index < -0.39 is 16.8 Å². The minimum atomic E-state index is -0.816. The summed E-state index contributed by atoms with van der Waals surface area (Å²) in [5.41, 5.74) is -1.27. The van der Waals surface area contributed by atoms with Gasteiger partial charge in [0.05, 0.1) is 5.41 Å². The molecule has 4 nitrogen and oxygen atoms in total. The fraction of sp³-hybridized carbons (Fsp3) is 0.833. The van der Waals surface area contributed by atoms with E-state index in [2.05, 4.69) is 5.32 Å². The zero-order valence-electron chi connectivity index (χ0n) is 10.5. The topological polar surface area (TPSA) is 66.4 Å². The molecule has 0 aromatic carbocycles. The number of hydrogen-bond acceptors (Lipinski definition) is 2. The van der Waals surface area contributed by atoms with Crippen molar-refractivity contribution in [2.75, 3.05) is 0 Å². The van der Waals surface area contributed by atoms with Crippen molar-refractivity contribution in [1.29, 1.82) is 0 Å². The molecule has 0 bridgehead atoms. The van der Waals surface area contributed by atoms with Crippen LogP contribution in [-0.4, -0.2) is 23.0 Å². The standard InChI is InChI=1S/C12H21NO3/c1-11(2,3)9(14)13-8-6-5-7-12(8,4)10(15)16/h8H,5-7H2,1-4H3,(H,13,14)(H,15,16). The first kappa shape index (κ1) is 13.0. The van der Waals surface area contributed by atoms with Crippen LogP contribution in [0.1, 0.15) is 47.0 Å². The molecule has 0 aliphatic heterocycles. The molecule has 0 aromatic heterocycles. The SMILES string of the molecule is CC(C)(C)C(=O)NC1CCCC1(C)C(=O)O. The van der Waals surface area contributed by atoms with E-state index in [-0.39, 0.29) is 11.9 Å². The van der Waals surface area contributed by atoms with E-state index in [0.29, 0.717) is 6.42 Å². The Hall–Kier alpha value is -1.06. The van der Waals surface area contributed by atoms with Gasteiger partial charge >= 0.3 is 5.97 Å². The number of nitrogens with one attached hydrogen (secondary N) is 1. The molecule has 2 unspecified atom stereocenters. The van der Waals surface area contributed by atoms with Gasteiger partial charge in [-0.3, -0.25) is 9.59 Å². The van der Waals surface area contributed by atoms with Gasteiger partial charge in [0, 0.05) is 11.5 Å². The maximum absolute atomic E-state index is 11.8. The zero-order valence-corrected chi connectivity index (χ0v) is 10.5. The van der Waals surface area contributed by atoms with Crippen molar-refractivity contribution in [3.8, 4) is 0 Å². The van der Waals surface area contributed by atoms with Crippen LogP contribution in [-0.2, 0) is 9.59 Å². The number of carboxylic acids is 1. The minimum absolute atomic E-state index is 0.0770. The van der Waals surface area contributed by atoms with Gasteiger partial charge in [0.25, 0.3) is 0 Å². The van der Waals surface area contributed by atoms with Crippen molar-refractivity contribution in [2.24, 2.45) is 10.8 Å². The second kappa shape index (κ2) is 4.07. The van der Waals surface area contributed by atoms with E-state index >= 15 is 0 Å². The molecule has 2 atom stereocenters. The molecule has 4 heteroatoms. The second-order valence-corrected chi connectivity index (χ2v) is 5.89. The average molecular weight is 227 g/mol. The van der Waals surface area contributed by atoms with Crippen LogP contribution >= 0.6 is 0 Å². The largest absolute Gasteiger partial charge is 0.481 e. The lowest BCUT2D eigenvalue weighted by molar-refractivity contribution is -0.149. The molecular weight excluding hydrogens is 206 g/mol. The van der Waals surface area contributed by atoms with Gasteiger partial charge < -0.3 is 10.4 Å². The van der Waals surface area contributed by atoms with Crippen LogP contribution in [0.25, 0.3) is 0 Å². The van der Waals surface area contributed by atoms with Crippen LogP contribution in [0.15, 0.2) is 0 Å². The Morgan fingerprint density at radius 3 is 2.38 bits per heavy atom. The molecular formula is C12H21NO3. The molecule has 0 radical (unpaired) electrons. The highest BCUT2D eigenvalue weighted by atomic mass is 16.4. The summed E-state index contributed by atoms with van der Waals surface area (Å²) in [6.45, 7) is 7.20. The van der Waals surface area contributed by atoms with Gasteiger partial charge in [0.1, 0.15) is 0 Å². The van der Waals surface area contributed by atoms with Crippen LogP contribution in [0, 0.1) is 10.8 Å². The molecule has 2 N–H and O–H groups in total. The zero-order chi connectivity index (χ0) is 12.6. The Morgan fingerprint density at radius 1 is 1.38 bits per heavy atom. The summed E-state index contributed by atoms with van der Waals surface area (Å²) in [6, 6.07) is -0.239. The number of carbonyl (C=O) groups is 2. The van der Waals surface area contributed by atoms with Gasteiger partial charge in [0.15, 0.2) is 0 Å². The summed E-state index contributed by atoms with van der Waals surface area (Å²) in [7, 11) is 0. The molecule has 0 aromatic rings. The Labute approximate surface area is 96.4 Å². The molecule has 1 saturated carbocycles. The minimum Gasteiger partial charge on any atom is -0.481 e. The van der Waals surface area contributed by atoms with E-state index in [1.807, 2.05) is 20.8 Å². The lowest BCUT2D eigenvalue weighted by Crippen LogP contribution is -2.50. The van der Waals surface area contributed by atoms with Crippen molar-refractivity contribution in [3.63, 3.8) is 0 Å². The second-order valence-electron chi connectivity index (χ2n) is 5.89. The fourth-order valence-corrected chi connectivity index (χ4v) is 2.03. The van der Waals surface area contributed by atoms with Gasteiger partial charge in [-0.05, 0) is 19.8 Å². The highest BCUT2D eigenvalue weighted by Crippen LogP contribution is 2.38. The first-order valence-electron chi connectivity index (χ1n) is 5.72. The Morgan fingerprint density at radius 2 is 1.94 bits per heavy atom. The molecule has 0 heterocycles. The van der Waals surface area contributed by atoms with E-state index in [4.69, 9.17) is 0 Å². The van der Waals surface area contributed by atoms with E-state index in [1.165, 1.54) is 0 Å². The third-order valence-corrected chi connectivity index (χ3v) is 3.43. The molecule has 0 spiro atoms. The molecule has 1 aliphatic carbocycles. The van der Waals surface area contributed by atoms with E-state index in [9.17, 15) is 14.7 Å². The van der Waals surface area contributed by atoms with Gasteiger partial charge in [0.2, 0.25) is 5.91 Å². The Bertz CT molecular complexity index is 306. The summed E-state index contributed by atoms with van der Waals surface area (Å²) in [4.78, 5) is 23.0. The summed E-state index contributed by atoms with van der Waals surface area (Å²) in [5, 5.41) is 12.1. The summed E-state index contributed by atoms with van der Waals surface area (Å²) >= 11 is 0. The average Bonchev–Trinajstić information content (AvgIpc) is 2.47. The van der Waals surface area contributed by atoms with Crippen molar-refractivity contribution in [1.82, 2.24) is 5.32 Å². The predicted molar refractivity (Wildman–Crippen MR) is 61.0 cm³/mol. The summed E-state index contributed by atoms with van der Waals surface area (Å²) < 4.78 is 0. The Balaban J connectivity index is 2.75. The third-order valence-electron chi connectivity index (χ3n) is 3.43. The molecule has 16 heavy (non-hydrogen) atoms. The quantitative estimate of drug-likeness (QED) is 0.755. The number of hydrogen-bond donors (Lipinski definition) is 2. The van der Waals surface area contributed by atoms with Crippen LogP contribution in [0.4, 0.5) is 0 Å². The van der Waals surface area contributed by atoms with Gasteiger partial charge in [-0.25, -0.2) is 0 Å². The molecule has 1 rings (SSSR count).